The Balaban J connectivity index is 1.71. The number of aryl methyl sites for hydroxylation is 1. The molecule has 11 nitrogen and oxygen atoms in total. The smallest absolute Gasteiger partial charge is 0.346 e. The van der Waals surface area contributed by atoms with Crippen LogP contribution in [0.2, 0.25) is 0 Å². The number of hydrogen-bond donors (Lipinski definition) is 1. The van der Waals surface area contributed by atoms with Crippen molar-refractivity contribution in [1.29, 1.82) is 0 Å². The van der Waals surface area contributed by atoms with Crippen LogP contribution in [-0.4, -0.2) is 70.5 Å². The Kier molecular flexibility index (Phi) is 9.10. The highest BCUT2D eigenvalue weighted by Crippen LogP contribution is 2.34. The summed E-state index contributed by atoms with van der Waals surface area (Å²) < 4.78 is 20.2. The van der Waals surface area contributed by atoms with Crippen LogP contribution in [0.1, 0.15) is 72.9 Å². The summed E-state index contributed by atoms with van der Waals surface area (Å²) in [5.74, 6) is -0.929. The molecule has 43 heavy (non-hydrogen) atoms. The zero-order valence-corrected chi connectivity index (χ0v) is 25.9. The molecule has 0 bridgehead atoms. The van der Waals surface area contributed by atoms with Gasteiger partial charge in [-0.25, -0.2) is 14.2 Å². The van der Waals surface area contributed by atoms with Crippen LogP contribution in [0.15, 0.2) is 33.9 Å². The van der Waals surface area contributed by atoms with Gasteiger partial charge in [0.15, 0.2) is 0 Å². The van der Waals surface area contributed by atoms with Crippen LogP contribution in [0.5, 0.6) is 5.75 Å². The molecule has 1 aromatic carbocycles. The van der Waals surface area contributed by atoms with E-state index < -0.39 is 28.9 Å². The summed E-state index contributed by atoms with van der Waals surface area (Å²) in [5.41, 5.74) is -1.90. The number of hydrogen-bond acceptors (Lipinski definition) is 8. The van der Waals surface area contributed by atoms with Crippen LogP contribution < -0.4 is 16.0 Å². The number of carbonyl (C=O) groups is 2. The van der Waals surface area contributed by atoms with Gasteiger partial charge in [-0.05, 0) is 64.5 Å². The van der Waals surface area contributed by atoms with E-state index in [1.54, 1.807) is 32.8 Å². The molecule has 0 radical (unpaired) electrons. The van der Waals surface area contributed by atoms with Crippen molar-refractivity contribution < 1.29 is 28.9 Å². The number of methoxy groups -OCH3 is 1. The number of ether oxygens (including phenoxy) is 3. The lowest BCUT2D eigenvalue weighted by Gasteiger charge is -2.35. The third-order valence-corrected chi connectivity index (χ3v) is 9.79. The largest absolute Gasteiger partial charge is 0.496 e. The molecule has 2 saturated heterocycles. The molecule has 2 aliphatic rings. The topological polar surface area (TPSA) is 129 Å². The molecule has 5 rings (SSSR count). The molecule has 2 fully saturated rings. The fraction of sp³-hybridized carbons (Fsp3) is 0.548. The molecule has 1 amide bonds. The molecule has 0 saturated carbocycles. The number of piperidine rings is 1. The quantitative estimate of drug-likeness (QED) is 0.385. The second kappa shape index (κ2) is 12.6. The Labute approximate surface area is 253 Å². The highest BCUT2D eigenvalue weighted by atomic mass is 32.1. The van der Waals surface area contributed by atoms with E-state index in [1.165, 1.54) is 4.57 Å². The Morgan fingerprint density at radius 3 is 2.44 bits per heavy atom. The van der Waals surface area contributed by atoms with Crippen molar-refractivity contribution in [1.82, 2.24) is 14.0 Å². The van der Waals surface area contributed by atoms with Crippen LogP contribution in [0.4, 0.5) is 0 Å². The predicted molar refractivity (Wildman–Crippen MR) is 162 cm³/mol. The lowest BCUT2D eigenvalue weighted by molar-refractivity contribution is -0.140. The van der Waals surface area contributed by atoms with Gasteiger partial charge in [0, 0.05) is 31.9 Å². The second-order valence-electron chi connectivity index (χ2n) is 11.7. The minimum atomic E-state index is -1.51. The summed E-state index contributed by atoms with van der Waals surface area (Å²) >= 11 is 0.884. The number of rotatable bonds is 9. The maximum absolute atomic E-state index is 14.4. The Morgan fingerprint density at radius 1 is 1.12 bits per heavy atom. The van der Waals surface area contributed by atoms with E-state index in [1.807, 2.05) is 24.3 Å². The van der Waals surface area contributed by atoms with E-state index in [-0.39, 0.29) is 39.2 Å². The molecule has 1 N–H and O–H groups in total. The zero-order valence-electron chi connectivity index (χ0n) is 25.1. The number of nitrogens with zero attached hydrogens (tertiary/aromatic N) is 3. The first-order valence-electron chi connectivity index (χ1n) is 14.7. The van der Waals surface area contributed by atoms with Gasteiger partial charge in [-0.15, -0.1) is 11.3 Å². The standard InChI is InChI=1S/C31H39N3O8S/c1-19-24-26(35)34(31(2,3)29(38)32-14-8-5-9-15-32)30(39)33(27(24)43-25(19)28(36)37)18-23(42-20-12-16-41-17-13-20)21-10-6-7-11-22(21)40-4/h6-7,10-11,20,23H,5,8-9,12-18H2,1-4H3,(H,36,37)/t23-/m0/s1. The van der Waals surface area contributed by atoms with Crippen molar-refractivity contribution in [2.45, 2.75) is 77.2 Å². The normalized spacial score (nSPS) is 17.3. The number of aromatic carboxylic acids is 1. The van der Waals surface area contributed by atoms with E-state index in [0.717, 1.165) is 35.2 Å². The molecule has 12 heteroatoms. The van der Waals surface area contributed by atoms with Crippen molar-refractivity contribution >= 4 is 33.4 Å². The maximum atomic E-state index is 14.4. The summed E-state index contributed by atoms with van der Waals surface area (Å²) in [6.07, 6.45) is 3.26. The van der Waals surface area contributed by atoms with Gasteiger partial charge >= 0.3 is 11.7 Å². The number of carboxylic acids is 1. The first kappa shape index (κ1) is 31.0. The molecule has 1 atom stereocenters. The first-order valence-corrected chi connectivity index (χ1v) is 15.6. The number of aromatic nitrogens is 2. The van der Waals surface area contributed by atoms with Crippen LogP contribution >= 0.6 is 11.3 Å². The summed E-state index contributed by atoms with van der Waals surface area (Å²) in [4.78, 5) is 56.5. The van der Waals surface area contributed by atoms with Gasteiger partial charge in [0.05, 0.1) is 25.1 Å². The van der Waals surface area contributed by atoms with Gasteiger partial charge in [-0.3, -0.25) is 14.2 Å². The van der Waals surface area contributed by atoms with Crippen molar-refractivity contribution in [2.75, 3.05) is 33.4 Å². The highest BCUT2D eigenvalue weighted by molar-refractivity contribution is 7.20. The molecule has 0 spiro atoms. The molecule has 2 aliphatic heterocycles. The fourth-order valence-corrected chi connectivity index (χ4v) is 7.28. The van der Waals surface area contributed by atoms with Gasteiger partial charge in [0.25, 0.3) is 5.56 Å². The molecule has 4 heterocycles. The van der Waals surface area contributed by atoms with E-state index in [9.17, 15) is 24.3 Å². The number of benzene rings is 1. The van der Waals surface area contributed by atoms with Crippen LogP contribution in [0.25, 0.3) is 10.2 Å². The Bertz CT molecular complexity index is 1630. The average Bonchev–Trinajstić information content (AvgIpc) is 3.36. The summed E-state index contributed by atoms with van der Waals surface area (Å²) in [6.45, 7) is 6.93. The van der Waals surface area contributed by atoms with Crippen LogP contribution in [-0.2, 0) is 26.4 Å². The minimum absolute atomic E-state index is 0.0274. The van der Waals surface area contributed by atoms with E-state index in [0.29, 0.717) is 50.5 Å². The highest BCUT2D eigenvalue weighted by Gasteiger charge is 2.39. The van der Waals surface area contributed by atoms with Crippen LogP contribution in [0.3, 0.4) is 0 Å². The van der Waals surface area contributed by atoms with Crippen LogP contribution in [0, 0.1) is 6.92 Å². The predicted octanol–water partition coefficient (Wildman–Crippen LogP) is 3.92. The van der Waals surface area contributed by atoms with E-state index in [2.05, 4.69) is 0 Å². The molecule has 2 aromatic heterocycles. The van der Waals surface area contributed by atoms with Gasteiger partial charge < -0.3 is 24.2 Å². The molecular formula is C31H39N3O8S. The second-order valence-corrected chi connectivity index (χ2v) is 12.7. The molecule has 0 aliphatic carbocycles. The number of carboxylic acid groups (broad SMARTS) is 1. The molecule has 232 valence electrons. The van der Waals surface area contributed by atoms with Crippen molar-refractivity contribution in [2.24, 2.45) is 0 Å². The number of likely N-dealkylation sites (tertiary alicyclic amines) is 1. The third-order valence-electron chi connectivity index (χ3n) is 8.49. The lowest BCUT2D eigenvalue weighted by atomic mass is 10.00. The number of fused-ring (bicyclic) bond motifs is 1. The molecule has 3 aromatic rings. The van der Waals surface area contributed by atoms with Gasteiger partial charge in [0.2, 0.25) is 5.91 Å². The van der Waals surface area contributed by atoms with Crippen molar-refractivity contribution in [3.63, 3.8) is 0 Å². The summed E-state index contributed by atoms with van der Waals surface area (Å²) in [5, 5.41) is 10.1. The lowest BCUT2D eigenvalue weighted by Crippen LogP contribution is -2.57. The first-order chi connectivity index (χ1) is 20.6. The monoisotopic (exact) mass is 613 g/mol. The van der Waals surface area contributed by atoms with E-state index >= 15 is 0 Å². The van der Waals surface area contributed by atoms with Gasteiger partial charge in [-0.2, -0.15) is 0 Å². The Morgan fingerprint density at radius 2 is 1.79 bits per heavy atom. The van der Waals surface area contributed by atoms with Gasteiger partial charge in [0.1, 0.15) is 27.1 Å². The average molecular weight is 614 g/mol. The fourth-order valence-electron chi connectivity index (χ4n) is 6.14. The summed E-state index contributed by atoms with van der Waals surface area (Å²) in [7, 11) is 1.56. The Hall–Kier alpha value is -3.48. The number of amides is 1. The SMILES string of the molecule is COc1ccccc1[C@H](Cn1c(=O)n(C(C)(C)C(=O)N2CCCCC2)c(=O)c2c(C)c(C(=O)O)sc21)OC1CCOCC1. The maximum Gasteiger partial charge on any atom is 0.346 e. The number of thiophene rings is 1. The van der Waals surface area contributed by atoms with Gasteiger partial charge in [-0.1, -0.05) is 18.2 Å². The van der Waals surface area contributed by atoms with Crippen molar-refractivity contribution in [3.05, 3.63) is 61.1 Å². The third kappa shape index (κ3) is 5.87. The summed E-state index contributed by atoms with van der Waals surface area (Å²) in [6, 6.07) is 7.38. The minimum Gasteiger partial charge on any atom is -0.496 e. The zero-order chi connectivity index (χ0) is 30.9. The number of para-hydroxylation sites is 1. The number of carbonyl (C=O) groups excluding carboxylic acids is 1. The van der Waals surface area contributed by atoms with E-state index in [4.69, 9.17) is 14.2 Å². The van der Waals surface area contributed by atoms with Crippen molar-refractivity contribution in [3.8, 4) is 5.75 Å². The molecular weight excluding hydrogens is 574 g/mol. The molecule has 0 unspecified atom stereocenters.